The molecule has 0 spiro atoms. The van der Waals surface area contributed by atoms with E-state index >= 15 is 0 Å². The molecule has 2 amide bonds. The zero-order chi connectivity index (χ0) is 23.1. The van der Waals surface area contributed by atoms with Crippen molar-refractivity contribution in [3.63, 3.8) is 0 Å². The molecule has 1 aliphatic rings. The number of para-hydroxylation sites is 1. The fourth-order valence-electron chi connectivity index (χ4n) is 3.54. The smallest absolute Gasteiger partial charge is 0.260 e. The summed E-state index contributed by atoms with van der Waals surface area (Å²) in [5.41, 5.74) is 0.478. The van der Waals surface area contributed by atoms with Gasteiger partial charge in [-0.1, -0.05) is 55.2 Å². The average Bonchev–Trinajstić information content (AvgIpc) is 2.79. The number of morpholine rings is 1. The number of hydrogen-bond donors (Lipinski definition) is 0. The van der Waals surface area contributed by atoms with Crippen molar-refractivity contribution < 1.29 is 19.1 Å². The number of carbonyl (C=O) groups excluding carboxylic acids is 2. The minimum atomic E-state index is -0.283. The lowest BCUT2D eigenvalue weighted by molar-refractivity contribution is -0.137. The van der Waals surface area contributed by atoms with Crippen LogP contribution in [0.1, 0.15) is 24.2 Å². The Morgan fingerprint density at radius 2 is 1.91 bits per heavy atom. The van der Waals surface area contributed by atoms with E-state index in [0.717, 1.165) is 0 Å². The summed E-state index contributed by atoms with van der Waals surface area (Å²) in [6.45, 7) is 6.31. The van der Waals surface area contributed by atoms with E-state index < -0.39 is 0 Å². The van der Waals surface area contributed by atoms with Gasteiger partial charge in [0, 0.05) is 31.7 Å². The Kier molecular flexibility index (Phi) is 8.79. The molecule has 3 rings (SSSR count). The van der Waals surface area contributed by atoms with Crippen molar-refractivity contribution in [2.45, 2.75) is 20.0 Å². The molecule has 2 aromatic rings. The topological polar surface area (TPSA) is 59.1 Å². The molecule has 32 heavy (non-hydrogen) atoms. The van der Waals surface area contributed by atoms with Crippen LogP contribution >= 0.6 is 23.2 Å². The standard InChI is InChI=1S/C24H28Cl2N2O4/c1-17(2)13-28(23(29)16-32-19-6-4-3-5-7-19)15-20-14-27(10-11-31-20)24(30)18-8-9-21(25)22(26)12-18/h3-9,12,17,20H,10-11,13-16H2,1-2H3. The van der Waals surface area contributed by atoms with Crippen LogP contribution in [-0.2, 0) is 9.53 Å². The summed E-state index contributed by atoms with van der Waals surface area (Å²) < 4.78 is 11.5. The average molecular weight is 479 g/mol. The van der Waals surface area contributed by atoms with Gasteiger partial charge < -0.3 is 19.3 Å². The number of rotatable bonds is 8. The van der Waals surface area contributed by atoms with Crippen molar-refractivity contribution in [1.29, 1.82) is 0 Å². The Hall–Kier alpha value is -2.28. The van der Waals surface area contributed by atoms with Gasteiger partial charge in [-0.3, -0.25) is 9.59 Å². The Bertz CT molecular complexity index is 923. The maximum Gasteiger partial charge on any atom is 0.260 e. The molecule has 0 saturated carbocycles. The maximum absolute atomic E-state index is 12.9. The van der Waals surface area contributed by atoms with E-state index in [0.29, 0.717) is 54.1 Å². The number of nitrogens with zero attached hydrogens (tertiary/aromatic N) is 2. The van der Waals surface area contributed by atoms with Crippen LogP contribution in [0, 0.1) is 5.92 Å². The van der Waals surface area contributed by atoms with Gasteiger partial charge in [-0.2, -0.15) is 0 Å². The first-order valence-electron chi connectivity index (χ1n) is 10.6. The molecule has 0 radical (unpaired) electrons. The van der Waals surface area contributed by atoms with Gasteiger partial charge in [-0.15, -0.1) is 0 Å². The minimum Gasteiger partial charge on any atom is -0.484 e. The van der Waals surface area contributed by atoms with Crippen molar-refractivity contribution in [1.82, 2.24) is 9.80 Å². The molecule has 1 fully saturated rings. The number of carbonyl (C=O) groups is 2. The Morgan fingerprint density at radius 3 is 2.59 bits per heavy atom. The fraction of sp³-hybridized carbons (Fsp3) is 0.417. The molecule has 0 aliphatic carbocycles. The summed E-state index contributed by atoms with van der Waals surface area (Å²) in [6, 6.07) is 14.1. The molecule has 8 heteroatoms. The predicted molar refractivity (Wildman–Crippen MR) is 125 cm³/mol. The van der Waals surface area contributed by atoms with Crippen LogP contribution in [0.15, 0.2) is 48.5 Å². The number of ether oxygens (including phenoxy) is 2. The van der Waals surface area contributed by atoms with E-state index in [9.17, 15) is 9.59 Å². The molecule has 1 aliphatic heterocycles. The monoisotopic (exact) mass is 478 g/mol. The summed E-state index contributed by atoms with van der Waals surface area (Å²) in [4.78, 5) is 29.3. The molecule has 0 N–H and O–H groups in total. The molecule has 1 saturated heterocycles. The van der Waals surface area contributed by atoms with Gasteiger partial charge in [0.25, 0.3) is 11.8 Å². The van der Waals surface area contributed by atoms with E-state index in [1.54, 1.807) is 28.0 Å². The molecule has 1 atom stereocenters. The highest BCUT2D eigenvalue weighted by atomic mass is 35.5. The SMILES string of the molecule is CC(C)CN(CC1CN(C(=O)c2ccc(Cl)c(Cl)c2)CCO1)C(=O)COc1ccccc1. The van der Waals surface area contributed by atoms with Crippen LogP contribution in [0.4, 0.5) is 0 Å². The lowest BCUT2D eigenvalue weighted by Crippen LogP contribution is -2.51. The second-order valence-corrected chi connectivity index (χ2v) is 8.98. The number of halogens is 2. The summed E-state index contributed by atoms with van der Waals surface area (Å²) in [6.07, 6.45) is -0.283. The highest BCUT2D eigenvalue weighted by Crippen LogP contribution is 2.24. The van der Waals surface area contributed by atoms with Crippen molar-refractivity contribution in [3.05, 3.63) is 64.1 Å². The van der Waals surface area contributed by atoms with Crippen molar-refractivity contribution in [2.24, 2.45) is 5.92 Å². The molecule has 6 nitrogen and oxygen atoms in total. The maximum atomic E-state index is 12.9. The molecular formula is C24H28Cl2N2O4. The highest BCUT2D eigenvalue weighted by Gasteiger charge is 2.28. The first kappa shape index (κ1) is 24.4. The molecule has 0 aromatic heterocycles. The zero-order valence-electron chi connectivity index (χ0n) is 18.3. The van der Waals surface area contributed by atoms with Gasteiger partial charge in [0.1, 0.15) is 5.75 Å². The fourth-order valence-corrected chi connectivity index (χ4v) is 3.84. The van der Waals surface area contributed by atoms with Crippen molar-refractivity contribution in [3.8, 4) is 5.75 Å². The van der Waals surface area contributed by atoms with Crippen LogP contribution in [-0.4, -0.2) is 67.1 Å². The Labute approximate surface area is 199 Å². The van der Waals surface area contributed by atoms with Crippen molar-refractivity contribution >= 4 is 35.0 Å². The second-order valence-electron chi connectivity index (χ2n) is 8.17. The Balaban J connectivity index is 1.61. The molecule has 1 unspecified atom stereocenters. The van der Waals surface area contributed by atoms with Gasteiger partial charge >= 0.3 is 0 Å². The summed E-state index contributed by atoms with van der Waals surface area (Å²) in [7, 11) is 0. The van der Waals surface area contributed by atoms with Crippen LogP contribution < -0.4 is 4.74 Å². The van der Waals surface area contributed by atoms with E-state index in [1.165, 1.54) is 0 Å². The first-order chi connectivity index (χ1) is 15.3. The number of hydrogen-bond acceptors (Lipinski definition) is 4. The number of amides is 2. The van der Waals surface area contributed by atoms with E-state index in [2.05, 4.69) is 13.8 Å². The number of benzene rings is 2. The van der Waals surface area contributed by atoms with Gasteiger partial charge in [-0.05, 0) is 36.2 Å². The molecule has 2 aromatic carbocycles. The summed E-state index contributed by atoms with van der Waals surface area (Å²) in [5, 5.41) is 0.748. The molecule has 172 valence electrons. The summed E-state index contributed by atoms with van der Waals surface area (Å²) >= 11 is 12.0. The van der Waals surface area contributed by atoms with Crippen LogP contribution in [0.25, 0.3) is 0 Å². The lowest BCUT2D eigenvalue weighted by Gasteiger charge is -2.36. The van der Waals surface area contributed by atoms with E-state index in [4.69, 9.17) is 32.7 Å². The van der Waals surface area contributed by atoms with Gasteiger partial charge in [-0.25, -0.2) is 0 Å². The largest absolute Gasteiger partial charge is 0.484 e. The minimum absolute atomic E-state index is 0.0463. The van der Waals surface area contributed by atoms with Crippen LogP contribution in [0.2, 0.25) is 10.0 Å². The van der Waals surface area contributed by atoms with Crippen LogP contribution in [0.5, 0.6) is 5.75 Å². The third-order valence-electron chi connectivity index (χ3n) is 5.06. The van der Waals surface area contributed by atoms with E-state index in [1.807, 2.05) is 30.3 Å². The van der Waals surface area contributed by atoms with Gasteiger partial charge in [0.2, 0.25) is 0 Å². The normalized spacial score (nSPS) is 16.2. The third kappa shape index (κ3) is 6.86. The third-order valence-corrected chi connectivity index (χ3v) is 5.80. The zero-order valence-corrected chi connectivity index (χ0v) is 19.8. The van der Waals surface area contributed by atoms with Crippen LogP contribution in [0.3, 0.4) is 0 Å². The molecule has 1 heterocycles. The van der Waals surface area contributed by atoms with E-state index in [-0.39, 0.29) is 30.4 Å². The van der Waals surface area contributed by atoms with Crippen molar-refractivity contribution in [2.75, 3.05) is 39.4 Å². The molecule has 0 bridgehead atoms. The lowest BCUT2D eigenvalue weighted by atomic mass is 10.1. The summed E-state index contributed by atoms with van der Waals surface area (Å²) in [5.74, 6) is 0.691. The van der Waals surface area contributed by atoms with Gasteiger partial charge in [0.05, 0.1) is 22.8 Å². The highest BCUT2D eigenvalue weighted by molar-refractivity contribution is 6.42. The molecular weight excluding hydrogens is 451 g/mol. The quantitative estimate of drug-likeness (QED) is 0.564. The Morgan fingerprint density at radius 1 is 1.16 bits per heavy atom. The predicted octanol–water partition coefficient (Wildman–Crippen LogP) is 4.40. The second kappa shape index (κ2) is 11.5. The van der Waals surface area contributed by atoms with Gasteiger partial charge in [0.15, 0.2) is 6.61 Å². The first-order valence-corrected chi connectivity index (χ1v) is 11.4.